The van der Waals surface area contributed by atoms with Crippen LogP contribution >= 0.6 is 0 Å². The quantitative estimate of drug-likeness (QED) is 0.497. The molecule has 0 spiro atoms. The van der Waals surface area contributed by atoms with Gasteiger partial charge >= 0.3 is 5.69 Å². The highest BCUT2D eigenvalue weighted by molar-refractivity contribution is 5.16. The second-order valence-electron chi connectivity index (χ2n) is 6.11. The molecule has 1 fully saturated rings. The van der Waals surface area contributed by atoms with Gasteiger partial charge in [-0.05, 0) is 5.56 Å². The van der Waals surface area contributed by atoms with Crippen molar-refractivity contribution in [1.29, 1.82) is 0 Å². The van der Waals surface area contributed by atoms with Gasteiger partial charge < -0.3 is 29.9 Å². The zero-order chi connectivity index (χ0) is 19.6. The Morgan fingerprint density at radius 1 is 1.15 bits per heavy atom. The third-order valence-electron chi connectivity index (χ3n) is 4.19. The predicted octanol–water partition coefficient (Wildman–Crippen LogP) is -1.39. The maximum absolute atomic E-state index is 14.3. The molecule has 1 aromatic heterocycles. The number of benzene rings is 1. The Balaban J connectivity index is 1.79. The summed E-state index contributed by atoms with van der Waals surface area (Å²) in [5.41, 5.74) is -0.0248. The highest BCUT2D eigenvalue weighted by Gasteiger charge is 2.45. The van der Waals surface area contributed by atoms with Crippen LogP contribution in [0.2, 0.25) is 0 Å². The van der Waals surface area contributed by atoms with Gasteiger partial charge in [-0.2, -0.15) is 9.37 Å². The Morgan fingerprint density at radius 2 is 1.85 bits per heavy atom. The monoisotopic (exact) mass is 382 g/mol. The van der Waals surface area contributed by atoms with Crippen molar-refractivity contribution in [3.05, 3.63) is 58.4 Å². The first-order chi connectivity index (χ1) is 12.9. The lowest BCUT2D eigenvalue weighted by Crippen LogP contribution is -2.60. The summed E-state index contributed by atoms with van der Waals surface area (Å²) in [5, 5.41) is 38.5. The third kappa shape index (κ3) is 4.15. The van der Waals surface area contributed by atoms with E-state index in [-0.39, 0.29) is 6.54 Å². The van der Waals surface area contributed by atoms with Gasteiger partial charge in [0, 0.05) is 0 Å². The fourth-order valence-electron chi connectivity index (χ4n) is 2.70. The Labute approximate surface area is 152 Å². The Bertz CT molecular complexity index is 830. The molecule has 10 heteroatoms. The first-order valence-corrected chi connectivity index (χ1v) is 8.18. The molecule has 0 saturated carbocycles. The Kier molecular flexibility index (Phi) is 5.82. The van der Waals surface area contributed by atoms with Crippen LogP contribution in [0.1, 0.15) is 5.56 Å². The topological polar surface area (TPSA) is 134 Å². The molecule has 2 aromatic rings. The second kappa shape index (κ2) is 8.11. The predicted molar refractivity (Wildman–Crippen MR) is 88.4 cm³/mol. The molecule has 27 heavy (non-hydrogen) atoms. The molecule has 2 heterocycles. The zero-order valence-electron chi connectivity index (χ0n) is 14.1. The van der Waals surface area contributed by atoms with Crippen molar-refractivity contribution in [2.75, 3.05) is 6.61 Å². The number of halogens is 1. The summed E-state index contributed by atoms with van der Waals surface area (Å²) >= 11 is 0. The third-order valence-corrected chi connectivity index (χ3v) is 4.19. The van der Waals surface area contributed by atoms with Gasteiger partial charge in [0.25, 0.3) is 5.88 Å². The number of aromatic nitrogens is 2. The molecule has 1 aliphatic heterocycles. The van der Waals surface area contributed by atoms with Crippen molar-refractivity contribution in [1.82, 2.24) is 9.55 Å². The van der Waals surface area contributed by atoms with Gasteiger partial charge in [0.15, 0.2) is 0 Å². The van der Waals surface area contributed by atoms with Gasteiger partial charge in [-0.15, -0.1) is 0 Å². The van der Waals surface area contributed by atoms with Crippen molar-refractivity contribution in [3.8, 4) is 5.88 Å². The molecule has 9 nitrogen and oxygen atoms in total. The lowest BCUT2D eigenvalue weighted by Gasteiger charge is -2.39. The van der Waals surface area contributed by atoms with E-state index in [2.05, 4.69) is 4.98 Å². The number of ether oxygens (including phenoxy) is 2. The van der Waals surface area contributed by atoms with Crippen molar-refractivity contribution in [3.63, 3.8) is 0 Å². The van der Waals surface area contributed by atoms with Crippen LogP contribution in [0.15, 0.2) is 41.3 Å². The van der Waals surface area contributed by atoms with E-state index in [1.54, 1.807) is 24.3 Å². The van der Waals surface area contributed by atoms with Gasteiger partial charge in [-0.3, -0.25) is 4.57 Å². The van der Waals surface area contributed by atoms with E-state index >= 15 is 0 Å². The van der Waals surface area contributed by atoms with E-state index in [1.165, 1.54) is 0 Å². The van der Waals surface area contributed by atoms with Crippen LogP contribution in [0.4, 0.5) is 4.39 Å². The summed E-state index contributed by atoms with van der Waals surface area (Å²) in [7, 11) is 0. The van der Waals surface area contributed by atoms with Gasteiger partial charge in [0.1, 0.15) is 24.4 Å². The molecule has 1 aliphatic rings. The second-order valence-corrected chi connectivity index (χ2v) is 6.11. The summed E-state index contributed by atoms with van der Waals surface area (Å²) in [5.74, 6) is -1.71. The van der Waals surface area contributed by atoms with Gasteiger partial charge in [-0.1, -0.05) is 30.3 Å². The molecule has 0 unspecified atom stereocenters. The normalized spacial score (nSPS) is 28.1. The van der Waals surface area contributed by atoms with E-state index < -0.39 is 54.7 Å². The average Bonchev–Trinajstić information content (AvgIpc) is 2.66. The number of nitrogens with zero attached hydrogens (tertiary/aromatic N) is 2. The number of rotatable bonds is 5. The molecule has 3 rings (SSSR count). The van der Waals surface area contributed by atoms with Crippen molar-refractivity contribution >= 4 is 0 Å². The standard InChI is InChI=1S/C17H19FN2O7/c18-10-7-20(6-9-4-2-1-3-5-9)17(25)19-15(10)27-16-14(24)13(23)12(22)11(8-21)26-16/h1-5,7,11-14,16,21-24H,6,8H2/t11-,12-,13+,14-,16+/m1/s1. The SMILES string of the molecule is O=c1nc(O[C@@H]2O[C@H](CO)[C@@H](O)[C@H](O)[C@H]2O)c(F)cn1Cc1ccccc1. The molecule has 1 aromatic carbocycles. The minimum Gasteiger partial charge on any atom is -0.442 e. The summed E-state index contributed by atoms with van der Waals surface area (Å²) in [4.78, 5) is 15.6. The molecular weight excluding hydrogens is 363 g/mol. The molecule has 5 atom stereocenters. The smallest absolute Gasteiger partial charge is 0.351 e. The number of aliphatic hydroxyl groups excluding tert-OH is 4. The zero-order valence-corrected chi connectivity index (χ0v) is 14.1. The summed E-state index contributed by atoms with van der Waals surface area (Å²) in [6.07, 6.45) is -6.97. The lowest BCUT2D eigenvalue weighted by atomic mass is 9.99. The largest absolute Gasteiger partial charge is 0.442 e. The van der Waals surface area contributed by atoms with Gasteiger partial charge in [0.05, 0.1) is 19.3 Å². The molecule has 146 valence electrons. The van der Waals surface area contributed by atoms with Gasteiger partial charge in [-0.25, -0.2) is 4.79 Å². The number of hydrogen-bond acceptors (Lipinski definition) is 8. The molecule has 1 saturated heterocycles. The van der Waals surface area contributed by atoms with Crippen LogP contribution in [-0.4, -0.2) is 67.3 Å². The van der Waals surface area contributed by atoms with E-state index in [4.69, 9.17) is 14.6 Å². The molecular formula is C17H19FN2O7. The van der Waals surface area contributed by atoms with Crippen LogP contribution < -0.4 is 10.4 Å². The minimum absolute atomic E-state index is 0.101. The van der Waals surface area contributed by atoms with E-state index in [0.29, 0.717) is 0 Å². The lowest BCUT2D eigenvalue weighted by molar-refractivity contribution is -0.278. The highest BCUT2D eigenvalue weighted by atomic mass is 19.1. The van der Waals surface area contributed by atoms with E-state index in [1.807, 2.05) is 6.07 Å². The minimum atomic E-state index is -1.74. The van der Waals surface area contributed by atoms with E-state index in [0.717, 1.165) is 16.3 Å². The first-order valence-electron chi connectivity index (χ1n) is 8.18. The molecule has 0 aliphatic carbocycles. The Hall–Kier alpha value is -2.37. The number of aliphatic hydroxyl groups is 4. The first kappa shape index (κ1) is 19.4. The average molecular weight is 382 g/mol. The van der Waals surface area contributed by atoms with Crippen LogP contribution in [-0.2, 0) is 11.3 Å². The van der Waals surface area contributed by atoms with Crippen molar-refractivity contribution < 1.29 is 34.3 Å². The molecule has 4 N–H and O–H groups in total. The van der Waals surface area contributed by atoms with Crippen molar-refractivity contribution in [2.45, 2.75) is 37.3 Å². The van der Waals surface area contributed by atoms with Crippen LogP contribution in [0, 0.1) is 5.82 Å². The maximum atomic E-state index is 14.3. The van der Waals surface area contributed by atoms with Crippen molar-refractivity contribution in [2.24, 2.45) is 0 Å². The van der Waals surface area contributed by atoms with Crippen LogP contribution in [0.25, 0.3) is 0 Å². The maximum Gasteiger partial charge on any atom is 0.351 e. The van der Waals surface area contributed by atoms with Crippen LogP contribution in [0.5, 0.6) is 5.88 Å². The van der Waals surface area contributed by atoms with Crippen LogP contribution in [0.3, 0.4) is 0 Å². The summed E-state index contributed by atoms with van der Waals surface area (Å²) in [6.45, 7) is -0.566. The number of hydrogen-bond donors (Lipinski definition) is 4. The summed E-state index contributed by atoms with van der Waals surface area (Å²) in [6, 6.07) is 8.90. The fourth-order valence-corrected chi connectivity index (χ4v) is 2.70. The van der Waals surface area contributed by atoms with E-state index in [9.17, 15) is 24.5 Å². The summed E-state index contributed by atoms with van der Waals surface area (Å²) < 4.78 is 25.6. The highest BCUT2D eigenvalue weighted by Crippen LogP contribution is 2.24. The fraction of sp³-hybridized carbons (Fsp3) is 0.412. The Morgan fingerprint density at radius 3 is 2.52 bits per heavy atom. The molecule has 0 amide bonds. The molecule has 0 radical (unpaired) electrons. The molecule has 0 bridgehead atoms. The van der Waals surface area contributed by atoms with Gasteiger partial charge in [0.2, 0.25) is 12.1 Å².